The maximum atomic E-state index is 11.7. The van der Waals surface area contributed by atoms with E-state index in [4.69, 9.17) is 4.74 Å². The monoisotopic (exact) mass is 401 g/mol. The van der Waals surface area contributed by atoms with Gasteiger partial charge in [0.1, 0.15) is 17.6 Å². The zero-order chi connectivity index (χ0) is 20.8. The fraction of sp³-hybridized carbons (Fsp3) is 0.450. The minimum atomic E-state index is -0.956. The Hall–Kier alpha value is -3.23. The lowest BCUT2D eigenvalue weighted by atomic mass is 10.1. The van der Waals surface area contributed by atoms with Crippen molar-refractivity contribution in [3.8, 4) is 5.75 Å². The molecule has 2 heterocycles. The number of carboxylic acids is 1. The van der Waals surface area contributed by atoms with Gasteiger partial charge in [-0.05, 0) is 37.0 Å². The predicted octanol–water partition coefficient (Wildman–Crippen LogP) is 2.57. The molecule has 1 aromatic carbocycles. The second kappa shape index (κ2) is 9.31. The number of piperidine rings is 1. The fourth-order valence-electron chi connectivity index (χ4n) is 3.16. The molecule has 0 unspecified atom stereocenters. The van der Waals surface area contributed by atoms with Gasteiger partial charge in [0, 0.05) is 33.6 Å². The van der Waals surface area contributed by atoms with Crippen molar-refractivity contribution in [2.24, 2.45) is 0 Å². The van der Waals surface area contributed by atoms with Crippen LogP contribution in [0.2, 0.25) is 0 Å². The molecule has 1 amide bonds. The molecule has 1 aliphatic rings. The summed E-state index contributed by atoms with van der Waals surface area (Å²) in [5.74, 6) is 0.798. The summed E-state index contributed by atoms with van der Waals surface area (Å²) in [6.45, 7) is 1.92. The molecule has 0 bridgehead atoms. The number of aromatic amines is 1. The van der Waals surface area contributed by atoms with Crippen molar-refractivity contribution in [2.75, 3.05) is 37.4 Å². The lowest BCUT2D eigenvalue weighted by Crippen LogP contribution is -2.32. The van der Waals surface area contributed by atoms with Crippen molar-refractivity contribution in [2.45, 2.75) is 31.7 Å². The number of H-pyrrole nitrogens is 1. The number of hydrogen-bond acceptors (Lipinski definition) is 6. The Morgan fingerprint density at radius 3 is 2.55 bits per heavy atom. The van der Waals surface area contributed by atoms with Gasteiger partial charge in [-0.1, -0.05) is 12.1 Å². The summed E-state index contributed by atoms with van der Waals surface area (Å²) in [4.78, 5) is 34.4. The molecule has 0 radical (unpaired) electrons. The summed E-state index contributed by atoms with van der Waals surface area (Å²) in [6, 6.07) is 5.99. The molecule has 156 valence electrons. The zero-order valence-corrected chi connectivity index (χ0v) is 16.7. The number of nitrogens with zero attached hydrogens (tertiary/aromatic N) is 3. The molecular formula is C20H27N5O4. The van der Waals surface area contributed by atoms with Gasteiger partial charge in [0.25, 0.3) is 0 Å². The number of anilines is 2. The Labute approximate surface area is 169 Å². The van der Waals surface area contributed by atoms with Crippen molar-refractivity contribution < 1.29 is 19.4 Å². The largest absolute Gasteiger partial charge is 0.480 e. The van der Waals surface area contributed by atoms with Crippen LogP contribution in [0.1, 0.15) is 24.8 Å². The fourth-order valence-corrected chi connectivity index (χ4v) is 3.16. The van der Waals surface area contributed by atoms with Crippen LogP contribution in [-0.4, -0.2) is 65.3 Å². The minimum Gasteiger partial charge on any atom is -0.480 e. The van der Waals surface area contributed by atoms with E-state index < -0.39 is 18.1 Å². The third-order valence-electron chi connectivity index (χ3n) is 4.78. The Bertz CT molecular complexity index is 828. The van der Waals surface area contributed by atoms with E-state index in [0.29, 0.717) is 11.6 Å². The van der Waals surface area contributed by atoms with Crippen molar-refractivity contribution in [1.29, 1.82) is 0 Å². The minimum absolute atomic E-state index is 0.273. The molecule has 1 fully saturated rings. The van der Waals surface area contributed by atoms with E-state index in [1.165, 1.54) is 11.3 Å². The molecule has 1 saturated heterocycles. The Balaban J connectivity index is 1.61. The predicted molar refractivity (Wildman–Crippen MR) is 110 cm³/mol. The molecule has 1 atom stereocenters. The first-order valence-corrected chi connectivity index (χ1v) is 9.70. The van der Waals surface area contributed by atoms with Crippen LogP contribution in [0.5, 0.6) is 5.75 Å². The van der Waals surface area contributed by atoms with E-state index in [1.54, 1.807) is 44.6 Å². The van der Waals surface area contributed by atoms with E-state index in [0.717, 1.165) is 37.4 Å². The van der Waals surface area contributed by atoms with Gasteiger partial charge >= 0.3 is 12.1 Å². The van der Waals surface area contributed by atoms with Crippen LogP contribution >= 0.6 is 0 Å². The Morgan fingerprint density at radius 1 is 1.24 bits per heavy atom. The lowest BCUT2D eigenvalue weighted by molar-refractivity contribution is -0.137. The number of imidazole rings is 1. The van der Waals surface area contributed by atoms with Gasteiger partial charge in [-0.25, -0.2) is 14.6 Å². The van der Waals surface area contributed by atoms with Gasteiger partial charge in [0.05, 0.1) is 6.20 Å². The van der Waals surface area contributed by atoms with Crippen LogP contribution in [-0.2, 0) is 11.2 Å². The number of aliphatic carboxylic acids is 1. The SMILES string of the molecule is CN(C)C(=O)Oc1ccc(C[C@H](Nc2cnc(N3CCCCC3)[nH]2)C(=O)O)cc1. The number of benzene rings is 1. The van der Waals surface area contributed by atoms with Gasteiger partial charge < -0.3 is 29.9 Å². The number of aromatic nitrogens is 2. The van der Waals surface area contributed by atoms with Gasteiger partial charge in [0.2, 0.25) is 5.95 Å². The second-order valence-electron chi connectivity index (χ2n) is 7.31. The zero-order valence-electron chi connectivity index (χ0n) is 16.7. The highest BCUT2D eigenvalue weighted by Gasteiger charge is 2.20. The third-order valence-corrected chi connectivity index (χ3v) is 4.78. The number of amides is 1. The first-order chi connectivity index (χ1) is 13.9. The van der Waals surface area contributed by atoms with E-state index in [2.05, 4.69) is 20.2 Å². The highest BCUT2D eigenvalue weighted by Crippen LogP contribution is 2.20. The van der Waals surface area contributed by atoms with E-state index in [-0.39, 0.29) is 6.42 Å². The topological polar surface area (TPSA) is 111 Å². The number of nitrogens with one attached hydrogen (secondary N) is 2. The first-order valence-electron chi connectivity index (χ1n) is 9.70. The van der Waals surface area contributed by atoms with Crippen LogP contribution < -0.4 is 15.0 Å². The number of carboxylic acid groups (broad SMARTS) is 1. The maximum Gasteiger partial charge on any atom is 0.414 e. The van der Waals surface area contributed by atoms with Crippen LogP contribution in [0.4, 0.5) is 16.6 Å². The van der Waals surface area contributed by atoms with Crippen molar-refractivity contribution >= 4 is 23.8 Å². The smallest absolute Gasteiger partial charge is 0.414 e. The van der Waals surface area contributed by atoms with E-state index in [1.807, 2.05) is 0 Å². The van der Waals surface area contributed by atoms with Crippen LogP contribution in [0, 0.1) is 0 Å². The summed E-state index contributed by atoms with van der Waals surface area (Å²) >= 11 is 0. The van der Waals surface area contributed by atoms with Crippen molar-refractivity contribution in [1.82, 2.24) is 14.9 Å². The van der Waals surface area contributed by atoms with Gasteiger partial charge in [-0.15, -0.1) is 0 Å². The van der Waals surface area contributed by atoms with Crippen molar-refractivity contribution in [3.05, 3.63) is 36.0 Å². The molecule has 0 aliphatic carbocycles. The molecule has 0 spiro atoms. The van der Waals surface area contributed by atoms with E-state index in [9.17, 15) is 14.7 Å². The van der Waals surface area contributed by atoms with Gasteiger partial charge in [-0.2, -0.15) is 0 Å². The number of carbonyl (C=O) groups excluding carboxylic acids is 1. The van der Waals surface area contributed by atoms with Crippen LogP contribution in [0.25, 0.3) is 0 Å². The van der Waals surface area contributed by atoms with Gasteiger partial charge in [0.15, 0.2) is 0 Å². The average Bonchev–Trinajstić information content (AvgIpc) is 3.18. The highest BCUT2D eigenvalue weighted by molar-refractivity contribution is 5.77. The molecule has 29 heavy (non-hydrogen) atoms. The highest BCUT2D eigenvalue weighted by atomic mass is 16.6. The molecule has 2 aromatic rings. The summed E-state index contributed by atoms with van der Waals surface area (Å²) in [6.07, 6.45) is 4.95. The molecule has 1 aromatic heterocycles. The molecule has 0 saturated carbocycles. The lowest BCUT2D eigenvalue weighted by Gasteiger charge is -2.26. The second-order valence-corrected chi connectivity index (χ2v) is 7.31. The number of carbonyl (C=O) groups is 2. The molecular weight excluding hydrogens is 374 g/mol. The van der Waals surface area contributed by atoms with Crippen LogP contribution in [0.15, 0.2) is 30.5 Å². The molecule has 9 nitrogen and oxygen atoms in total. The number of rotatable bonds is 7. The molecule has 9 heteroatoms. The maximum absolute atomic E-state index is 11.7. The number of hydrogen-bond donors (Lipinski definition) is 3. The van der Waals surface area contributed by atoms with Gasteiger partial charge in [-0.3, -0.25) is 0 Å². The summed E-state index contributed by atoms with van der Waals surface area (Å²) < 4.78 is 5.18. The molecule has 3 N–H and O–H groups in total. The third kappa shape index (κ3) is 5.63. The van der Waals surface area contributed by atoms with Crippen LogP contribution in [0.3, 0.4) is 0 Å². The number of ether oxygens (including phenoxy) is 1. The summed E-state index contributed by atoms with van der Waals surface area (Å²) in [5, 5.41) is 12.6. The standard InChI is InChI=1S/C20H27N5O4/c1-24(2)20(28)29-15-8-6-14(7-9-15)12-16(18(26)27)22-17-13-21-19(23-17)25-10-4-3-5-11-25/h6-9,13,16,22H,3-5,10-12H2,1-2H3,(H,21,23)(H,26,27)/t16-/m0/s1. The first kappa shape index (κ1) is 20.5. The summed E-state index contributed by atoms with van der Waals surface area (Å²) in [5.41, 5.74) is 0.810. The Morgan fingerprint density at radius 2 is 1.93 bits per heavy atom. The summed E-state index contributed by atoms with van der Waals surface area (Å²) in [7, 11) is 3.21. The average molecular weight is 401 g/mol. The quantitative estimate of drug-likeness (QED) is 0.654. The van der Waals surface area contributed by atoms with Crippen molar-refractivity contribution in [3.63, 3.8) is 0 Å². The Kier molecular flexibility index (Phi) is 6.58. The normalized spacial score (nSPS) is 14.9. The molecule has 3 rings (SSSR count). The molecule has 1 aliphatic heterocycles. The van der Waals surface area contributed by atoms with E-state index >= 15 is 0 Å².